The third-order valence-electron chi connectivity index (χ3n) is 3.51. The van der Waals surface area contributed by atoms with Crippen LogP contribution in [-0.2, 0) is 0 Å². The number of aliphatic hydroxyl groups excluding tert-OH is 1. The van der Waals surface area contributed by atoms with Gasteiger partial charge in [-0.2, -0.15) is 0 Å². The molecule has 1 rings (SSSR count). The fraction of sp³-hybridized carbons (Fsp3) is 0.600. The van der Waals surface area contributed by atoms with Gasteiger partial charge in [0.25, 0.3) is 0 Å². The molecule has 1 unspecified atom stereocenters. The molecule has 1 N–H and O–H groups in total. The molecule has 0 saturated carbocycles. The van der Waals surface area contributed by atoms with Crippen LogP contribution in [-0.4, -0.2) is 31.9 Å². The molecular formula is C15H25NO2. The fourth-order valence-electron chi connectivity index (χ4n) is 2.43. The average molecular weight is 251 g/mol. The number of nitrogens with zero attached hydrogens (tertiary/aromatic N) is 1. The van der Waals surface area contributed by atoms with Gasteiger partial charge in [0.1, 0.15) is 5.75 Å². The van der Waals surface area contributed by atoms with Crippen LogP contribution in [0.5, 0.6) is 5.75 Å². The zero-order valence-electron chi connectivity index (χ0n) is 12.3. The van der Waals surface area contributed by atoms with Crippen LogP contribution >= 0.6 is 0 Å². The zero-order chi connectivity index (χ0) is 13.9. The lowest BCUT2D eigenvalue weighted by Gasteiger charge is -2.32. The third kappa shape index (κ3) is 2.96. The minimum absolute atomic E-state index is 0.136. The number of hydrogen-bond donors (Lipinski definition) is 1. The van der Waals surface area contributed by atoms with Crippen molar-refractivity contribution < 1.29 is 9.84 Å². The molecule has 1 aromatic rings. The summed E-state index contributed by atoms with van der Waals surface area (Å²) in [4.78, 5) is 2.14. The molecule has 0 aliphatic rings. The summed E-state index contributed by atoms with van der Waals surface area (Å²) in [6.07, 6.45) is 0. The molecule has 0 fully saturated rings. The summed E-state index contributed by atoms with van der Waals surface area (Å²) in [5.74, 6) is 1.35. The van der Waals surface area contributed by atoms with Crippen molar-refractivity contribution in [1.29, 1.82) is 0 Å². The van der Waals surface area contributed by atoms with Gasteiger partial charge >= 0.3 is 0 Å². The Kier molecular flexibility index (Phi) is 5.03. The second-order valence-electron chi connectivity index (χ2n) is 5.22. The van der Waals surface area contributed by atoms with Crippen molar-refractivity contribution in [3.8, 4) is 5.75 Å². The quantitative estimate of drug-likeness (QED) is 0.873. The van der Waals surface area contributed by atoms with Gasteiger partial charge in [-0.15, -0.1) is 0 Å². The predicted molar refractivity (Wildman–Crippen MR) is 76.6 cm³/mol. The number of rotatable bonds is 5. The van der Waals surface area contributed by atoms with Gasteiger partial charge in [-0.3, -0.25) is 0 Å². The van der Waals surface area contributed by atoms with Crippen molar-refractivity contribution in [2.75, 3.05) is 25.7 Å². The van der Waals surface area contributed by atoms with Crippen molar-refractivity contribution in [1.82, 2.24) is 0 Å². The summed E-state index contributed by atoms with van der Waals surface area (Å²) < 4.78 is 5.38. The van der Waals surface area contributed by atoms with E-state index in [1.807, 2.05) is 20.9 Å². The van der Waals surface area contributed by atoms with Crippen LogP contribution < -0.4 is 9.64 Å². The molecule has 3 heteroatoms. The molecule has 18 heavy (non-hydrogen) atoms. The van der Waals surface area contributed by atoms with Crippen LogP contribution in [0.2, 0.25) is 0 Å². The monoisotopic (exact) mass is 251 g/mol. The zero-order valence-corrected chi connectivity index (χ0v) is 12.3. The van der Waals surface area contributed by atoms with Crippen LogP contribution in [0, 0.1) is 19.8 Å². The van der Waals surface area contributed by atoms with Crippen LogP contribution in [0.4, 0.5) is 5.69 Å². The Morgan fingerprint density at radius 2 is 1.72 bits per heavy atom. The Hall–Kier alpha value is -1.22. The molecule has 0 saturated heterocycles. The molecule has 102 valence electrons. The molecule has 0 heterocycles. The molecule has 3 nitrogen and oxygen atoms in total. The fourth-order valence-corrected chi connectivity index (χ4v) is 2.43. The Bertz CT molecular complexity index is 378. The van der Waals surface area contributed by atoms with Crippen molar-refractivity contribution in [3.63, 3.8) is 0 Å². The van der Waals surface area contributed by atoms with Gasteiger partial charge in [-0.1, -0.05) is 13.8 Å². The molecule has 0 bridgehead atoms. The minimum Gasteiger partial charge on any atom is -0.496 e. The smallest absolute Gasteiger partial charge is 0.124 e. The van der Waals surface area contributed by atoms with E-state index in [4.69, 9.17) is 4.74 Å². The number of benzene rings is 1. The standard InChI is InChI=1S/C15H25NO2/c1-10(2)14(9-17)16(5)13-7-11(3)15(18-6)12(4)8-13/h7-8,10,14,17H,9H2,1-6H3. The lowest BCUT2D eigenvalue weighted by atomic mass is 10.0. The summed E-state index contributed by atoms with van der Waals surface area (Å²) in [5, 5.41) is 9.50. The summed E-state index contributed by atoms with van der Waals surface area (Å²) in [6.45, 7) is 8.51. The van der Waals surface area contributed by atoms with E-state index in [9.17, 15) is 5.11 Å². The second-order valence-corrected chi connectivity index (χ2v) is 5.22. The normalized spacial score (nSPS) is 12.7. The summed E-state index contributed by atoms with van der Waals surface area (Å²) >= 11 is 0. The topological polar surface area (TPSA) is 32.7 Å². The van der Waals surface area contributed by atoms with E-state index < -0.39 is 0 Å². The molecule has 0 radical (unpaired) electrons. The second kappa shape index (κ2) is 6.10. The SMILES string of the molecule is COc1c(C)cc(N(C)C(CO)C(C)C)cc1C. The third-order valence-corrected chi connectivity index (χ3v) is 3.51. The maximum absolute atomic E-state index is 9.50. The van der Waals surface area contributed by atoms with Crippen molar-refractivity contribution >= 4 is 5.69 Å². The maximum Gasteiger partial charge on any atom is 0.124 e. The summed E-state index contributed by atoms with van der Waals surface area (Å²) in [7, 11) is 3.73. The molecule has 1 aromatic carbocycles. The van der Waals surface area contributed by atoms with E-state index in [1.165, 1.54) is 0 Å². The lowest BCUT2D eigenvalue weighted by molar-refractivity contribution is 0.234. The van der Waals surface area contributed by atoms with Crippen LogP contribution in [0.1, 0.15) is 25.0 Å². The van der Waals surface area contributed by atoms with Crippen molar-refractivity contribution in [3.05, 3.63) is 23.3 Å². The van der Waals surface area contributed by atoms with E-state index in [0.717, 1.165) is 22.6 Å². The molecule has 0 spiro atoms. The Balaban J connectivity index is 3.10. The van der Waals surface area contributed by atoms with E-state index in [2.05, 4.69) is 30.9 Å². The highest BCUT2D eigenvalue weighted by Crippen LogP contribution is 2.29. The van der Waals surface area contributed by atoms with Crippen molar-refractivity contribution in [2.24, 2.45) is 5.92 Å². The van der Waals surface area contributed by atoms with Crippen molar-refractivity contribution in [2.45, 2.75) is 33.7 Å². The first-order valence-corrected chi connectivity index (χ1v) is 6.41. The first kappa shape index (κ1) is 14.8. The number of aliphatic hydroxyl groups is 1. The largest absolute Gasteiger partial charge is 0.496 e. The number of aryl methyl sites for hydroxylation is 2. The van der Waals surface area contributed by atoms with Gasteiger partial charge in [0.05, 0.1) is 19.8 Å². The van der Waals surface area contributed by atoms with Crippen LogP contribution in [0.3, 0.4) is 0 Å². The summed E-state index contributed by atoms with van der Waals surface area (Å²) in [5.41, 5.74) is 3.37. The van der Waals surface area contributed by atoms with Gasteiger partial charge < -0.3 is 14.7 Å². The summed E-state index contributed by atoms with van der Waals surface area (Å²) in [6, 6.07) is 4.35. The molecule has 0 aromatic heterocycles. The first-order chi connectivity index (χ1) is 8.42. The van der Waals surface area contributed by atoms with Crippen LogP contribution in [0.15, 0.2) is 12.1 Å². The molecular weight excluding hydrogens is 226 g/mol. The van der Waals surface area contributed by atoms with Gasteiger partial charge in [0.2, 0.25) is 0 Å². The number of anilines is 1. The number of likely N-dealkylation sites (N-methyl/N-ethyl adjacent to an activating group) is 1. The van der Waals surface area contributed by atoms with Gasteiger partial charge in [0.15, 0.2) is 0 Å². The van der Waals surface area contributed by atoms with Crippen LogP contribution in [0.25, 0.3) is 0 Å². The Morgan fingerprint density at radius 1 is 1.22 bits per heavy atom. The molecule has 0 amide bonds. The van der Waals surface area contributed by atoms with Gasteiger partial charge in [-0.05, 0) is 43.0 Å². The van der Waals surface area contributed by atoms with Gasteiger partial charge in [-0.25, -0.2) is 0 Å². The molecule has 1 atom stereocenters. The highest BCUT2D eigenvalue weighted by Gasteiger charge is 2.19. The van der Waals surface area contributed by atoms with Gasteiger partial charge in [0, 0.05) is 12.7 Å². The highest BCUT2D eigenvalue weighted by molar-refractivity contribution is 5.57. The van der Waals surface area contributed by atoms with E-state index in [1.54, 1.807) is 7.11 Å². The first-order valence-electron chi connectivity index (χ1n) is 6.41. The van der Waals surface area contributed by atoms with E-state index in [-0.39, 0.29) is 12.6 Å². The Labute approximate surface area is 110 Å². The highest BCUT2D eigenvalue weighted by atomic mass is 16.5. The molecule has 0 aliphatic heterocycles. The molecule has 0 aliphatic carbocycles. The van der Waals surface area contributed by atoms with E-state index >= 15 is 0 Å². The number of ether oxygens (including phenoxy) is 1. The number of methoxy groups -OCH3 is 1. The predicted octanol–water partition coefficient (Wildman–Crippen LogP) is 2.77. The minimum atomic E-state index is 0.136. The number of hydrogen-bond acceptors (Lipinski definition) is 3. The average Bonchev–Trinajstić information content (AvgIpc) is 2.28. The Morgan fingerprint density at radius 3 is 2.06 bits per heavy atom. The maximum atomic E-state index is 9.50. The lowest BCUT2D eigenvalue weighted by Crippen LogP contribution is -2.39. The van der Waals surface area contributed by atoms with E-state index in [0.29, 0.717) is 5.92 Å².